The zero-order valence-electron chi connectivity index (χ0n) is 13.5. The Kier molecular flexibility index (Phi) is 5.20. The molecule has 25 heavy (non-hydrogen) atoms. The molecule has 2 heterocycles. The van der Waals surface area contributed by atoms with E-state index in [2.05, 4.69) is 25.6 Å². The molecule has 0 unspecified atom stereocenters. The molecule has 0 spiro atoms. The lowest BCUT2D eigenvalue weighted by atomic mass is 10.2. The van der Waals surface area contributed by atoms with Crippen LogP contribution in [0.1, 0.15) is 21.7 Å². The van der Waals surface area contributed by atoms with Crippen LogP contribution < -0.4 is 10.6 Å². The van der Waals surface area contributed by atoms with Gasteiger partial charge in [0, 0.05) is 35.3 Å². The molecule has 2 aromatic heterocycles. The number of aromatic nitrogens is 3. The van der Waals surface area contributed by atoms with Crippen LogP contribution >= 0.6 is 11.6 Å². The van der Waals surface area contributed by atoms with Gasteiger partial charge in [-0.25, -0.2) is 9.97 Å². The molecule has 0 saturated heterocycles. The SMILES string of the molecule is Cc1cc(C(=O)Nc2ccc(Cl)cc2)nc(NCc2ccncc2)n1. The number of hydrogen-bond acceptors (Lipinski definition) is 5. The summed E-state index contributed by atoms with van der Waals surface area (Å²) in [5.41, 5.74) is 2.69. The van der Waals surface area contributed by atoms with Gasteiger partial charge in [0.05, 0.1) is 0 Å². The van der Waals surface area contributed by atoms with Gasteiger partial charge in [0.1, 0.15) is 5.69 Å². The maximum atomic E-state index is 12.4. The van der Waals surface area contributed by atoms with E-state index in [1.165, 1.54) is 0 Å². The first-order valence-electron chi connectivity index (χ1n) is 7.65. The molecule has 0 fully saturated rings. The highest BCUT2D eigenvalue weighted by Crippen LogP contribution is 2.15. The van der Waals surface area contributed by atoms with Crippen LogP contribution in [0.25, 0.3) is 0 Å². The average Bonchev–Trinajstić information content (AvgIpc) is 2.62. The van der Waals surface area contributed by atoms with Crippen molar-refractivity contribution in [1.29, 1.82) is 0 Å². The third kappa shape index (κ3) is 4.74. The van der Waals surface area contributed by atoms with Crippen molar-refractivity contribution in [2.75, 3.05) is 10.6 Å². The van der Waals surface area contributed by atoms with Crippen LogP contribution in [0.4, 0.5) is 11.6 Å². The molecule has 0 bridgehead atoms. The summed E-state index contributed by atoms with van der Waals surface area (Å²) in [6, 6.07) is 12.3. The Labute approximate surface area is 150 Å². The van der Waals surface area contributed by atoms with Gasteiger partial charge in [-0.1, -0.05) is 11.6 Å². The van der Waals surface area contributed by atoms with Crippen molar-refractivity contribution in [2.45, 2.75) is 13.5 Å². The first-order valence-corrected chi connectivity index (χ1v) is 8.03. The van der Waals surface area contributed by atoms with Crippen LogP contribution in [0.15, 0.2) is 54.9 Å². The van der Waals surface area contributed by atoms with Crippen LogP contribution in [-0.4, -0.2) is 20.9 Å². The van der Waals surface area contributed by atoms with E-state index in [1.54, 1.807) is 42.7 Å². The number of carbonyl (C=O) groups excluding carboxylic acids is 1. The number of halogens is 1. The monoisotopic (exact) mass is 353 g/mol. The standard InChI is InChI=1S/C18H16ClN5O/c1-12-10-16(17(25)23-15-4-2-14(19)3-5-15)24-18(22-12)21-11-13-6-8-20-9-7-13/h2-10H,11H2,1H3,(H,23,25)(H,21,22,24). The number of benzene rings is 1. The van der Waals surface area contributed by atoms with Crippen molar-refractivity contribution in [3.05, 3.63) is 76.8 Å². The maximum absolute atomic E-state index is 12.4. The molecule has 0 saturated carbocycles. The summed E-state index contributed by atoms with van der Waals surface area (Å²) < 4.78 is 0. The fourth-order valence-electron chi connectivity index (χ4n) is 2.17. The highest BCUT2D eigenvalue weighted by molar-refractivity contribution is 6.30. The Morgan fingerprint density at radius 1 is 1.08 bits per heavy atom. The number of amides is 1. The highest BCUT2D eigenvalue weighted by atomic mass is 35.5. The van der Waals surface area contributed by atoms with E-state index in [9.17, 15) is 4.79 Å². The molecule has 1 amide bonds. The summed E-state index contributed by atoms with van der Waals surface area (Å²) in [6.45, 7) is 2.36. The van der Waals surface area contributed by atoms with E-state index in [4.69, 9.17) is 11.6 Å². The predicted octanol–water partition coefficient (Wildman–Crippen LogP) is 3.70. The lowest BCUT2D eigenvalue weighted by Gasteiger charge is -2.09. The van der Waals surface area contributed by atoms with E-state index < -0.39 is 0 Å². The van der Waals surface area contributed by atoms with E-state index >= 15 is 0 Å². The fraction of sp³-hybridized carbons (Fsp3) is 0.111. The van der Waals surface area contributed by atoms with Crippen LogP contribution in [0.2, 0.25) is 5.02 Å². The molecular weight excluding hydrogens is 338 g/mol. The topological polar surface area (TPSA) is 79.8 Å². The number of nitrogens with one attached hydrogen (secondary N) is 2. The number of carbonyl (C=O) groups is 1. The van der Waals surface area contributed by atoms with Crippen LogP contribution in [-0.2, 0) is 6.54 Å². The Balaban J connectivity index is 1.72. The van der Waals surface area contributed by atoms with E-state index in [1.807, 2.05) is 19.1 Å². The summed E-state index contributed by atoms with van der Waals surface area (Å²) in [6.07, 6.45) is 3.44. The Hall–Kier alpha value is -2.99. The molecule has 3 rings (SSSR count). The summed E-state index contributed by atoms with van der Waals surface area (Å²) in [5, 5.41) is 6.52. The molecule has 0 aliphatic heterocycles. The van der Waals surface area contributed by atoms with Crippen LogP contribution in [0, 0.1) is 6.92 Å². The third-order valence-corrected chi connectivity index (χ3v) is 3.64. The number of aryl methyl sites for hydroxylation is 1. The van der Waals surface area contributed by atoms with Gasteiger partial charge in [0.15, 0.2) is 0 Å². The summed E-state index contributed by atoms with van der Waals surface area (Å²) >= 11 is 5.85. The lowest BCUT2D eigenvalue weighted by Crippen LogP contribution is -2.16. The largest absolute Gasteiger partial charge is 0.350 e. The molecule has 0 atom stereocenters. The van der Waals surface area contributed by atoms with Crippen molar-refractivity contribution in [1.82, 2.24) is 15.0 Å². The van der Waals surface area contributed by atoms with Crippen LogP contribution in [0.5, 0.6) is 0 Å². The quantitative estimate of drug-likeness (QED) is 0.731. The lowest BCUT2D eigenvalue weighted by molar-refractivity contribution is 0.102. The third-order valence-electron chi connectivity index (χ3n) is 3.39. The number of hydrogen-bond donors (Lipinski definition) is 2. The predicted molar refractivity (Wildman–Crippen MR) is 97.7 cm³/mol. The molecule has 126 valence electrons. The second kappa shape index (κ2) is 7.72. The number of pyridine rings is 1. The molecule has 0 aliphatic carbocycles. The molecule has 7 heteroatoms. The summed E-state index contributed by atoms with van der Waals surface area (Å²) in [4.78, 5) is 25.0. The van der Waals surface area contributed by atoms with Crippen molar-refractivity contribution >= 4 is 29.1 Å². The second-order valence-electron chi connectivity index (χ2n) is 5.39. The fourth-order valence-corrected chi connectivity index (χ4v) is 2.30. The van der Waals surface area contributed by atoms with Gasteiger partial charge < -0.3 is 10.6 Å². The molecule has 2 N–H and O–H groups in total. The smallest absolute Gasteiger partial charge is 0.274 e. The zero-order valence-corrected chi connectivity index (χ0v) is 14.3. The zero-order chi connectivity index (χ0) is 17.6. The summed E-state index contributed by atoms with van der Waals surface area (Å²) in [5.74, 6) is 0.0952. The molecule has 0 radical (unpaired) electrons. The maximum Gasteiger partial charge on any atom is 0.274 e. The van der Waals surface area contributed by atoms with Gasteiger partial charge in [-0.05, 0) is 55.0 Å². The average molecular weight is 354 g/mol. The number of rotatable bonds is 5. The number of anilines is 2. The van der Waals surface area contributed by atoms with Crippen molar-refractivity contribution in [3.8, 4) is 0 Å². The van der Waals surface area contributed by atoms with E-state index in [0.29, 0.717) is 34.6 Å². The minimum Gasteiger partial charge on any atom is -0.350 e. The molecular formula is C18H16ClN5O. The van der Waals surface area contributed by atoms with Crippen molar-refractivity contribution in [2.24, 2.45) is 0 Å². The van der Waals surface area contributed by atoms with Gasteiger partial charge >= 0.3 is 0 Å². The Morgan fingerprint density at radius 2 is 1.80 bits per heavy atom. The summed E-state index contributed by atoms with van der Waals surface area (Å²) in [7, 11) is 0. The molecule has 1 aromatic carbocycles. The second-order valence-corrected chi connectivity index (χ2v) is 5.82. The van der Waals surface area contributed by atoms with Gasteiger partial charge in [-0.3, -0.25) is 9.78 Å². The van der Waals surface area contributed by atoms with Gasteiger partial charge in [-0.2, -0.15) is 0 Å². The van der Waals surface area contributed by atoms with Gasteiger partial charge in [0.2, 0.25) is 5.95 Å². The highest BCUT2D eigenvalue weighted by Gasteiger charge is 2.11. The molecule has 0 aliphatic rings. The molecule has 6 nitrogen and oxygen atoms in total. The van der Waals surface area contributed by atoms with Gasteiger partial charge in [0.25, 0.3) is 5.91 Å². The first-order chi connectivity index (χ1) is 12.1. The normalized spacial score (nSPS) is 10.3. The first kappa shape index (κ1) is 16.9. The van der Waals surface area contributed by atoms with Crippen molar-refractivity contribution < 1.29 is 4.79 Å². The van der Waals surface area contributed by atoms with E-state index in [-0.39, 0.29) is 5.91 Å². The molecule has 3 aromatic rings. The van der Waals surface area contributed by atoms with Gasteiger partial charge in [-0.15, -0.1) is 0 Å². The Bertz CT molecular complexity index is 868. The van der Waals surface area contributed by atoms with E-state index in [0.717, 1.165) is 5.56 Å². The van der Waals surface area contributed by atoms with Crippen molar-refractivity contribution in [3.63, 3.8) is 0 Å². The van der Waals surface area contributed by atoms with Crippen LogP contribution in [0.3, 0.4) is 0 Å². The minimum absolute atomic E-state index is 0.291. The minimum atomic E-state index is -0.306. The number of nitrogens with zero attached hydrogens (tertiary/aromatic N) is 3. The Morgan fingerprint density at radius 3 is 2.52 bits per heavy atom.